The van der Waals surface area contributed by atoms with Crippen molar-refractivity contribution >= 4 is 27.8 Å². The summed E-state index contributed by atoms with van der Waals surface area (Å²) in [5.41, 5.74) is 0. The Balaban J connectivity index is 0. The Morgan fingerprint density at radius 1 is 1.62 bits per heavy atom. The van der Waals surface area contributed by atoms with Crippen LogP contribution in [-0.4, -0.2) is 42.3 Å². The maximum absolute atomic E-state index is 10.7. The van der Waals surface area contributed by atoms with Gasteiger partial charge in [0.15, 0.2) is 0 Å². The minimum absolute atomic E-state index is 0. The van der Waals surface area contributed by atoms with Gasteiger partial charge in [-0.2, -0.15) is 11.8 Å². The van der Waals surface area contributed by atoms with Crippen LogP contribution in [0.1, 0.15) is 6.92 Å². The van der Waals surface area contributed by atoms with E-state index in [0.717, 1.165) is 6.08 Å². The Hall–Kier alpha value is -0.570. The van der Waals surface area contributed by atoms with Gasteiger partial charge in [-0.05, 0) is 6.92 Å². The average molecular weight is 271 g/mol. The molecule has 0 aliphatic rings. The molecule has 0 aliphatic heterocycles. The van der Waals surface area contributed by atoms with Crippen LogP contribution < -0.4 is 6.15 Å². The highest BCUT2D eigenvalue weighted by Gasteiger charge is 2.06. The van der Waals surface area contributed by atoms with Crippen LogP contribution in [0.15, 0.2) is 12.7 Å². The highest BCUT2D eigenvalue weighted by Crippen LogP contribution is 2.06. The summed E-state index contributed by atoms with van der Waals surface area (Å²) < 4.78 is 35.5. The Labute approximate surface area is 99.8 Å². The second-order valence-corrected chi connectivity index (χ2v) is 5.46. The highest BCUT2D eigenvalue weighted by molar-refractivity contribution is 8.00. The summed E-state index contributed by atoms with van der Waals surface area (Å²) in [5.74, 6) is -0.254. The predicted molar refractivity (Wildman–Crippen MR) is 63.6 cm³/mol. The summed E-state index contributed by atoms with van der Waals surface area (Å²) >= 11 is 1.25. The largest absolute Gasteiger partial charge is 0.748 e. The van der Waals surface area contributed by atoms with E-state index in [4.69, 9.17) is 4.74 Å². The van der Waals surface area contributed by atoms with Crippen LogP contribution in [0.25, 0.3) is 0 Å². The number of hydrogen-bond acceptors (Lipinski definition) is 6. The zero-order valence-corrected chi connectivity index (χ0v) is 11.0. The molecule has 1 unspecified atom stereocenters. The number of rotatable bonds is 7. The lowest BCUT2D eigenvalue weighted by Gasteiger charge is -2.11. The molecule has 0 saturated heterocycles. The molecule has 0 aromatic rings. The third kappa shape index (κ3) is 11.5. The molecule has 0 saturated carbocycles. The van der Waals surface area contributed by atoms with E-state index in [1.165, 1.54) is 11.8 Å². The molecule has 16 heavy (non-hydrogen) atoms. The van der Waals surface area contributed by atoms with Crippen molar-refractivity contribution in [3.8, 4) is 0 Å². The minimum Gasteiger partial charge on any atom is -0.748 e. The first kappa shape index (κ1) is 17.8. The Morgan fingerprint density at radius 2 is 2.19 bits per heavy atom. The molecule has 96 valence electrons. The van der Waals surface area contributed by atoms with Gasteiger partial charge in [-0.25, -0.2) is 13.2 Å². The Bertz CT molecular complexity index is 314. The van der Waals surface area contributed by atoms with Gasteiger partial charge in [0.25, 0.3) is 0 Å². The van der Waals surface area contributed by atoms with Gasteiger partial charge >= 0.3 is 5.97 Å². The summed E-state index contributed by atoms with van der Waals surface area (Å²) in [6.07, 6.45) is 0.735. The van der Waals surface area contributed by atoms with E-state index >= 15 is 0 Å². The van der Waals surface area contributed by atoms with E-state index in [1.54, 1.807) is 6.92 Å². The molecule has 0 bridgehead atoms. The molecule has 1 atom stereocenters. The molecule has 8 heteroatoms. The van der Waals surface area contributed by atoms with Crippen molar-refractivity contribution in [1.29, 1.82) is 0 Å². The quantitative estimate of drug-likeness (QED) is 0.316. The van der Waals surface area contributed by atoms with Crippen molar-refractivity contribution in [1.82, 2.24) is 6.15 Å². The summed E-state index contributed by atoms with van der Waals surface area (Å²) in [4.78, 5) is 10.7. The molecule has 0 heterocycles. The van der Waals surface area contributed by atoms with Crippen molar-refractivity contribution < 1.29 is 22.5 Å². The van der Waals surface area contributed by atoms with E-state index < -0.39 is 21.8 Å². The van der Waals surface area contributed by atoms with Crippen molar-refractivity contribution in [3.05, 3.63) is 12.7 Å². The molecule has 0 rings (SSSR count). The molecule has 0 radical (unpaired) electrons. The van der Waals surface area contributed by atoms with Gasteiger partial charge < -0.3 is 15.4 Å². The fourth-order valence-electron chi connectivity index (χ4n) is 0.691. The first-order valence-electron chi connectivity index (χ1n) is 4.19. The van der Waals surface area contributed by atoms with E-state index in [9.17, 15) is 17.8 Å². The van der Waals surface area contributed by atoms with Crippen LogP contribution in [-0.2, 0) is 19.6 Å². The second-order valence-electron chi connectivity index (χ2n) is 2.79. The first-order chi connectivity index (χ1) is 6.85. The van der Waals surface area contributed by atoms with Gasteiger partial charge in [-0.1, -0.05) is 6.58 Å². The zero-order valence-electron chi connectivity index (χ0n) is 9.34. The minimum atomic E-state index is -4.14. The van der Waals surface area contributed by atoms with E-state index in [0.29, 0.717) is 5.75 Å². The predicted octanol–water partition coefficient (Wildman–Crippen LogP) is 0.759. The Kier molecular flexibility index (Phi) is 9.54. The fraction of sp³-hybridized carbons (Fsp3) is 0.625. The zero-order chi connectivity index (χ0) is 11.9. The van der Waals surface area contributed by atoms with Gasteiger partial charge in [0.1, 0.15) is 6.10 Å². The van der Waals surface area contributed by atoms with Crippen molar-refractivity contribution in [3.63, 3.8) is 0 Å². The number of carbonyl (C=O) groups excluding carboxylic acids is 1. The molecule has 0 spiro atoms. The third-order valence-electron chi connectivity index (χ3n) is 1.31. The molecule has 0 aromatic carbocycles. The van der Waals surface area contributed by atoms with Gasteiger partial charge in [0.05, 0.1) is 10.1 Å². The maximum atomic E-state index is 10.7. The van der Waals surface area contributed by atoms with Crippen LogP contribution in [0.2, 0.25) is 0 Å². The van der Waals surface area contributed by atoms with Crippen molar-refractivity contribution in [2.45, 2.75) is 13.0 Å². The van der Waals surface area contributed by atoms with Crippen LogP contribution >= 0.6 is 11.8 Å². The molecular weight excluding hydrogens is 254 g/mol. The summed E-state index contributed by atoms with van der Waals surface area (Å²) in [6, 6.07) is 0. The molecule has 0 aliphatic carbocycles. The van der Waals surface area contributed by atoms with Gasteiger partial charge in [-0.15, -0.1) is 0 Å². The average Bonchev–Trinajstić information content (AvgIpc) is 2.11. The molecule has 4 N–H and O–H groups in total. The molecule has 0 aromatic heterocycles. The normalized spacial score (nSPS) is 12.4. The number of thioether (sulfide) groups is 1. The lowest BCUT2D eigenvalue weighted by atomic mass is 10.5. The highest BCUT2D eigenvalue weighted by atomic mass is 32.2. The third-order valence-corrected chi connectivity index (χ3v) is 3.47. The molecule has 0 amide bonds. The number of esters is 1. The lowest BCUT2D eigenvalue weighted by Crippen LogP contribution is -2.16. The molecule has 6 nitrogen and oxygen atoms in total. The van der Waals surface area contributed by atoms with E-state index in [-0.39, 0.29) is 18.0 Å². The van der Waals surface area contributed by atoms with Crippen LogP contribution in [0.5, 0.6) is 0 Å². The SMILES string of the molecule is C=CC(=O)OC(C)CSCCS(=O)(=O)[O-].[NH4+]. The summed E-state index contributed by atoms with van der Waals surface area (Å²) in [7, 11) is -4.14. The lowest BCUT2D eigenvalue weighted by molar-refractivity contribution is -0.141. The van der Waals surface area contributed by atoms with Crippen molar-refractivity contribution in [2.75, 3.05) is 17.3 Å². The monoisotopic (exact) mass is 271 g/mol. The summed E-state index contributed by atoms with van der Waals surface area (Å²) in [6.45, 7) is 4.92. The second kappa shape index (κ2) is 8.57. The number of hydrogen-bond donors (Lipinski definition) is 1. The van der Waals surface area contributed by atoms with Gasteiger partial charge in [0.2, 0.25) is 0 Å². The van der Waals surface area contributed by atoms with Crippen molar-refractivity contribution in [2.24, 2.45) is 0 Å². The number of ether oxygens (including phenoxy) is 1. The molecular formula is C8H17NO5S2. The first-order valence-corrected chi connectivity index (χ1v) is 6.92. The van der Waals surface area contributed by atoms with E-state index in [2.05, 4.69) is 6.58 Å². The van der Waals surface area contributed by atoms with Gasteiger partial charge in [-0.3, -0.25) is 0 Å². The fourth-order valence-corrected chi connectivity index (χ4v) is 2.55. The standard InChI is InChI=1S/C8H14O5S2.H3N/c1-3-8(9)13-7(2)6-14-4-5-15(10,11)12;/h3,7H,1,4-6H2,2H3,(H,10,11,12);1H3. The van der Waals surface area contributed by atoms with Crippen LogP contribution in [0, 0.1) is 0 Å². The number of carbonyl (C=O) groups is 1. The molecule has 0 fully saturated rings. The van der Waals surface area contributed by atoms with Gasteiger partial charge in [0, 0.05) is 23.3 Å². The topological polar surface area (TPSA) is 120 Å². The summed E-state index contributed by atoms with van der Waals surface area (Å²) in [5, 5.41) is 0. The van der Waals surface area contributed by atoms with E-state index in [1.807, 2.05) is 0 Å². The van der Waals surface area contributed by atoms with Crippen LogP contribution in [0.4, 0.5) is 0 Å². The van der Waals surface area contributed by atoms with Crippen LogP contribution in [0.3, 0.4) is 0 Å². The maximum Gasteiger partial charge on any atom is 0.330 e. The number of quaternary nitrogens is 1. The smallest absolute Gasteiger partial charge is 0.330 e. The Morgan fingerprint density at radius 3 is 2.62 bits per heavy atom.